The lowest BCUT2D eigenvalue weighted by atomic mass is 10.2. The van der Waals surface area contributed by atoms with Crippen LogP contribution in [-0.2, 0) is 13.7 Å². The number of carbonyl (C=O) groups is 1. The number of hydrogen-bond donors (Lipinski definition) is 0. The quantitative estimate of drug-likeness (QED) is 0.783. The maximum absolute atomic E-state index is 12.5. The van der Waals surface area contributed by atoms with Gasteiger partial charge >= 0.3 is 0 Å². The summed E-state index contributed by atoms with van der Waals surface area (Å²) in [6.07, 6.45) is 0. The molecule has 1 amide bonds. The highest BCUT2D eigenvalue weighted by Crippen LogP contribution is 2.13. The first kappa shape index (κ1) is 17.1. The van der Waals surface area contributed by atoms with E-state index in [-0.39, 0.29) is 5.91 Å². The van der Waals surface area contributed by atoms with Crippen molar-refractivity contribution >= 4 is 29.7 Å². The van der Waals surface area contributed by atoms with Crippen LogP contribution in [0.5, 0.6) is 0 Å². The number of piperazine rings is 1. The van der Waals surface area contributed by atoms with Gasteiger partial charge < -0.3 is 9.47 Å². The molecule has 2 aromatic rings. The molecule has 8 heteroatoms. The van der Waals surface area contributed by atoms with E-state index in [1.54, 1.807) is 24.3 Å². The molecule has 0 saturated carbocycles. The highest BCUT2D eigenvalue weighted by Gasteiger charge is 2.22. The second kappa shape index (κ2) is 7.04. The van der Waals surface area contributed by atoms with Crippen LogP contribution >= 0.6 is 23.8 Å². The third-order valence-corrected chi connectivity index (χ3v) is 5.08. The average molecular weight is 366 g/mol. The minimum absolute atomic E-state index is 0.0524. The molecule has 24 heavy (non-hydrogen) atoms. The highest BCUT2D eigenvalue weighted by molar-refractivity contribution is 7.71. The van der Waals surface area contributed by atoms with E-state index < -0.39 is 0 Å². The van der Waals surface area contributed by atoms with Crippen LogP contribution in [0.4, 0.5) is 0 Å². The lowest BCUT2D eigenvalue weighted by molar-refractivity contribution is 0.0585. The van der Waals surface area contributed by atoms with Gasteiger partial charge in [0.2, 0.25) is 0 Å². The van der Waals surface area contributed by atoms with Crippen molar-refractivity contribution in [2.75, 3.05) is 26.2 Å². The van der Waals surface area contributed by atoms with Crippen molar-refractivity contribution in [2.24, 2.45) is 7.05 Å². The predicted octanol–water partition coefficient (Wildman–Crippen LogP) is 2.33. The maximum atomic E-state index is 12.5. The molecule has 0 unspecified atom stereocenters. The fraction of sp³-hybridized carbons (Fsp3) is 0.438. The van der Waals surface area contributed by atoms with Gasteiger partial charge in [-0.2, -0.15) is 5.10 Å². The van der Waals surface area contributed by atoms with Crippen LogP contribution in [-0.4, -0.2) is 56.2 Å². The average Bonchev–Trinajstić information content (AvgIpc) is 2.83. The fourth-order valence-corrected chi connectivity index (χ4v) is 3.10. The predicted molar refractivity (Wildman–Crippen MR) is 95.7 cm³/mol. The van der Waals surface area contributed by atoms with Crippen molar-refractivity contribution < 1.29 is 4.79 Å². The van der Waals surface area contributed by atoms with Gasteiger partial charge in [0, 0.05) is 43.8 Å². The molecule has 0 N–H and O–H groups in total. The third-order valence-electron chi connectivity index (χ3n) is 4.34. The topological polar surface area (TPSA) is 46.3 Å². The SMILES string of the molecule is Cc1nn(CN2CCN(C(=O)c3ccc(Cl)cc3)CC2)c(=S)n1C. The van der Waals surface area contributed by atoms with E-state index in [4.69, 9.17) is 23.8 Å². The summed E-state index contributed by atoms with van der Waals surface area (Å²) in [5.41, 5.74) is 0.676. The first-order valence-corrected chi connectivity index (χ1v) is 8.62. The first-order valence-electron chi connectivity index (χ1n) is 7.83. The van der Waals surface area contributed by atoms with Crippen LogP contribution in [0.15, 0.2) is 24.3 Å². The van der Waals surface area contributed by atoms with E-state index in [0.717, 1.165) is 18.9 Å². The molecule has 0 aliphatic carbocycles. The van der Waals surface area contributed by atoms with Crippen LogP contribution in [0.25, 0.3) is 0 Å². The molecule has 0 radical (unpaired) electrons. The number of aromatic nitrogens is 3. The Morgan fingerprint density at radius 2 is 1.83 bits per heavy atom. The molecule has 1 aliphatic heterocycles. The molecule has 1 saturated heterocycles. The van der Waals surface area contributed by atoms with Crippen molar-refractivity contribution in [3.8, 4) is 0 Å². The van der Waals surface area contributed by atoms with Gasteiger partial charge in [-0.05, 0) is 43.4 Å². The largest absolute Gasteiger partial charge is 0.336 e. The van der Waals surface area contributed by atoms with Gasteiger partial charge in [-0.15, -0.1) is 0 Å². The van der Waals surface area contributed by atoms with Crippen LogP contribution in [0, 0.1) is 11.7 Å². The minimum atomic E-state index is 0.0524. The molecule has 3 rings (SSSR count). The Bertz CT molecular complexity index is 790. The lowest BCUT2D eigenvalue weighted by Gasteiger charge is -2.34. The van der Waals surface area contributed by atoms with Crippen molar-refractivity contribution in [2.45, 2.75) is 13.6 Å². The summed E-state index contributed by atoms with van der Waals surface area (Å²) < 4.78 is 4.45. The number of benzene rings is 1. The van der Waals surface area contributed by atoms with Crippen molar-refractivity contribution in [3.63, 3.8) is 0 Å². The first-order chi connectivity index (χ1) is 11.5. The monoisotopic (exact) mass is 365 g/mol. The Labute approximate surface area is 151 Å². The summed E-state index contributed by atoms with van der Waals surface area (Å²) in [5, 5.41) is 5.09. The van der Waals surface area contributed by atoms with Crippen LogP contribution in [0.3, 0.4) is 0 Å². The van der Waals surface area contributed by atoms with Gasteiger partial charge in [0.15, 0.2) is 4.77 Å². The summed E-state index contributed by atoms with van der Waals surface area (Å²) >= 11 is 11.3. The van der Waals surface area contributed by atoms with E-state index in [1.807, 2.05) is 28.1 Å². The van der Waals surface area contributed by atoms with Gasteiger partial charge in [-0.25, -0.2) is 4.68 Å². The Hall–Kier alpha value is -1.70. The Morgan fingerprint density at radius 1 is 1.21 bits per heavy atom. The molecule has 0 atom stereocenters. The Kier molecular flexibility index (Phi) is 5.03. The highest BCUT2D eigenvalue weighted by atomic mass is 35.5. The number of rotatable bonds is 3. The molecule has 2 heterocycles. The van der Waals surface area contributed by atoms with Crippen molar-refractivity contribution in [1.82, 2.24) is 24.1 Å². The number of hydrogen-bond acceptors (Lipinski definition) is 4. The molecule has 6 nitrogen and oxygen atoms in total. The standard InChI is InChI=1S/C16H20ClN5OS/c1-12-18-22(16(24)19(12)2)11-20-7-9-21(10-8-20)15(23)13-3-5-14(17)6-4-13/h3-6H,7-11H2,1-2H3. The van der Waals surface area contributed by atoms with E-state index in [9.17, 15) is 4.79 Å². The van der Waals surface area contributed by atoms with Crippen LogP contribution < -0.4 is 0 Å². The van der Waals surface area contributed by atoms with E-state index >= 15 is 0 Å². The molecular formula is C16H20ClN5OS. The lowest BCUT2D eigenvalue weighted by Crippen LogP contribution is -2.49. The summed E-state index contributed by atoms with van der Waals surface area (Å²) in [6, 6.07) is 7.03. The molecule has 0 bridgehead atoms. The molecular weight excluding hydrogens is 346 g/mol. The number of nitrogens with zero attached hydrogens (tertiary/aromatic N) is 5. The van der Waals surface area contributed by atoms with E-state index in [0.29, 0.717) is 35.1 Å². The van der Waals surface area contributed by atoms with Gasteiger partial charge in [0.1, 0.15) is 5.82 Å². The zero-order chi connectivity index (χ0) is 17.3. The normalized spacial score (nSPS) is 15.7. The molecule has 0 spiro atoms. The Morgan fingerprint density at radius 3 is 2.38 bits per heavy atom. The second-order valence-electron chi connectivity index (χ2n) is 5.95. The number of aryl methyl sites for hydroxylation is 1. The molecule has 1 fully saturated rings. The molecule has 1 aromatic heterocycles. The summed E-state index contributed by atoms with van der Waals surface area (Å²) in [4.78, 5) is 16.6. The van der Waals surface area contributed by atoms with Gasteiger partial charge in [-0.3, -0.25) is 9.69 Å². The summed E-state index contributed by atoms with van der Waals surface area (Å²) in [6.45, 7) is 5.59. The number of halogens is 1. The van der Waals surface area contributed by atoms with Gasteiger partial charge in [-0.1, -0.05) is 11.6 Å². The molecule has 1 aliphatic rings. The van der Waals surface area contributed by atoms with E-state index in [2.05, 4.69) is 10.00 Å². The summed E-state index contributed by atoms with van der Waals surface area (Å²) in [5.74, 6) is 0.952. The van der Waals surface area contributed by atoms with Gasteiger partial charge in [0.25, 0.3) is 5.91 Å². The smallest absolute Gasteiger partial charge is 0.253 e. The maximum Gasteiger partial charge on any atom is 0.253 e. The third kappa shape index (κ3) is 3.53. The van der Waals surface area contributed by atoms with Crippen LogP contribution in [0.2, 0.25) is 5.02 Å². The minimum Gasteiger partial charge on any atom is -0.336 e. The van der Waals surface area contributed by atoms with Crippen molar-refractivity contribution in [3.05, 3.63) is 45.4 Å². The Balaban J connectivity index is 1.59. The van der Waals surface area contributed by atoms with Crippen LogP contribution in [0.1, 0.15) is 16.2 Å². The fourth-order valence-electron chi connectivity index (χ4n) is 2.75. The number of carbonyl (C=O) groups excluding carboxylic acids is 1. The second-order valence-corrected chi connectivity index (χ2v) is 6.75. The summed E-state index contributed by atoms with van der Waals surface area (Å²) in [7, 11) is 1.92. The molecule has 128 valence electrons. The number of amides is 1. The zero-order valence-corrected chi connectivity index (χ0v) is 15.3. The molecule has 1 aromatic carbocycles. The van der Waals surface area contributed by atoms with E-state index in [1.165, 1.54) is 0 Å². The van der Waals surface area contributed by atoms with Gasteiger partial charge in [0.05, 0.1) is 6.67 Å². The zero-order valence-electron chi connectivity index (χ0n) is 13.8. The van der Waals surface area contributed by atoms with Crippen molar-refractivity contribution in [1.29, 1.82) is 0 Å².